The lowest BCUT2D eigenvalue weighted by Gasteiger charge is -2.29. The van der Waals surface area contributed by atoms with E-state index in [-0.39, 0.29) is 5.75 Å². The van der Waals surface area contributed by atoms with Crippen molar-refractivity contribution < 1.29 is 23.9 Å². The topological polar surface area (TPSA) is 98.7 Å². The molecule has 2 saturated heterocycles. The second kappa shape index (κ2) is 7.23. The second-order valence-corrected chi connectivity index (χ2v) is 8.92. The van der Waals surface area contributed by atoms with Crippen LogP contribution in [0.1, 0.15) is 11.1 Å². The summed E-state index contributed by atoms with van der Waals surface area (Å²) in [7, 11) is 0. The summed E-state index contributed by atoms with van der Waals surface area (Å²) in [5.74, 6) is -3.66. The molecule has 3 amide bonds. The van der Waals surface area contributed by atoms with Gasteiger partial charge >= 0.3 is 0 Å². The Morgan fingerprint density at radius 2 is 1.68 bits per heavy atom. The first kappa shape index (κ1) is 20.6. The van der Waals surface area contributed by atoms with Gasteiger partial charge in [0.05, 0.1) is 17.5 Å². The first-order valence-electron chi connectivity index (χ1n) is 11.0. The van der Waals surface area contributed by atoms with Crippen LogP contribution in [-0.4, -0.2) is 28.9 Å². The zero-order valence-electron chi connectivity index (χ0n) is 17.9. The number of aromatic hydroxyl groups is 1. The van der Waals surface area contributed by atoms with Gasteiger partial charge in [0.2, 0.25) is 17.7 Å². The van der Waals surface area contributed by atoms with Crippen LogP contribution in [0.3, 0.4) is 0 Å². The third-order valence-electron chi connectivity index (χ3n) is 7.08. The smallest absolute Gasteiger partial charge is 0.250 e. The number of anilines is 2. The van der Waals surface area contributed by atoms with Gasteiger partial charge in [-0.05, 0) is 54.4 Å². The maximum atomic E-state index is 14.3. The van der Waals surface area contributed by atoms with E-state index in [0.717, 1.165) is 10.5 Å². The summed E-state index contributed by atoms with van der Waals surface area (Å²) in [4.78, 5) is 42.1. The number of nitrogens with zero attached hydrogens (tertiary/aromatic N) is 1. The number of carbonyl (C=O) groups excluding carboxylic acids is 3. The molecular weight excluding hydrogens is 437 g/mol. The number of nitrogens with one attached hydrogen (secondary N) is 2. The number of para-hydroxylation sites is 1. The lowest BCUT2D eigenvalue weighted by molar-refractivity contribution is -0.130. The number of rotatable bonds is 3. The Labute approximate surface area is 194 Å². The number of halogens is 1. The summed E-state index contributed by atoms with van der Waals surface area (Å²) in [6, 6.07) is 18.6. The molecule has 2 fully saturated rings. The molecule has 1 spiro atoms. The second-order valence-electron chi connectivity index (χ2n) is 8.92. The van der Waals surface area contributed by atoms with Crippen LogP contribution >= 0.6 is 0 Å². The highest BCUT2D eigenvalue weighted by Gasteiger charge is 2.70. The number of fused-ring (bicyclic) bond motifs is 4. The zero-order chi connectivity index (χ0) is 23.6. The molecule has 0 radical (unpaired) electrons. The molecule has 0 unspecified atom stereocenters. The van der Waals surface area contributed by atoms with Crippen molar-refractivity contribution in [2.75, 3.05) is 10.2 Å². The van der Waals surface area contributed by atoms with Crippen molar-refractivity contribution in [3.8, 4) is 5.75 Å². The van der Waals surface area contributed by atoms with Crippen molar-refractivity contribution >= 4 is 29.1 Å². The van der Waals surface area contributed by atoms with Crippen LogP contribution in [-0.2, 0) is 26.3 Å². The van der Waals surface area contributed by atoms with Crippen LogP contribution in [0.4, 0.5) is 15.8 Å². The van der Waals surface area contributed by atoms with E-state index in [2.05, 4.69) is 10.6 Å². The molecule has 0 aliphatic carbocycles. The van der Waals surface area contributed by atoms with Crippen molar-refractivity contribution in [2.45, 2.75) is 18.0 Å². The number of carbonyl (C=O) groups is 3. The van der Waals surface area contributed by atoms with E-state index in [1.54, 1.807) is 54.6 Å². The highest BCUT2D eigenvalue weighted by molar-refractivity contribution is 6.25. The first-order chi connectivity index (χ1) is 16.4. The minimum atomic E-state index is -1.57. The number of benzene rings is 3. The molecule has 3 aromatic rings. The van der Waals surface area contributed by atoms with Gasteiger partial charge in [0.1, 0.15) is 17.1 Å². The first-order valence-corrected chi connectivity index (χ1v) is 11.0. The van der Waals surface area contributed by atoms with Gasteiger partial charge in [0, 0.05) is 17.3 Å². The largest absolute Gasteiger partial charge is 0.508 e. The number of phenolic OH excluding ortho intramolecular Hbond substituents is 1. The fraction of sp³-hybridized carbons (Fsp3) is 0.192. The molecule has 170 valence electrons. The fourth-order valence-electron chi connectivity index (χ4n) is 5.67. The quantitative estimate of drug-likeness (QED) is 0.526. The van der Waals surface area contributed by atoms with Crippen LogP contribution in [0.15, 0.2) is 72.8 Å². The third-order valence-corrected chi connectivity index (χ3v) is 7.08. The molecule has 34 heavy (non-hydrogen) atoms. The predicted octanol–water partition coefficient (Wildman–Crippen LogP) is 2.70. The molecular formula is C26H20FN3O4. The van der Waals surface area contributed by atoms with E-state index in [4.69, 9.17) is 0 Å². The average Bonchev–Trinajstić information content (AvgIpc) is 3.40. The highest BCUT2D eigenvalue weighted by atomic mass is 19.1. The minimum absolute atomic E-state index is 0.111. The summed E-state index contributed by atoms with van der Waals surface area (Å²) in [6.07, 6.45) is 0.336. The normalized spacial score (nSPS) is 27.3. The summed E-state index contributed by atoms with van der Waals surface area (Å²) in [5, 5.41) is 15.7. The molecule has 3 aliphatic heterocycles. The van der Waals surface area contributed by atoms with Crippen LogP contribution in [0.25, 0.3) is 0 Å². The van der Waals surface area contributed by atoms with Crippen molar-refractivity contribution in [1.29, 1.82) is 0 Å². The lowest BCUT2D eigenvalue weighted by Crippen LogP contribution is -2.53. The SMILES string of the molecule is O=C1[C@H]2[C@@H](C(=O)N1c1ccccc1)[C@]1(N[C@@H]2Cc2ccc(O)cc2)C(=O)Nc2ccc(F)cc21. The number of hydrogen-bond acceptors (Lipinski definition) is 5. The van der Waals surface area contributed by atoms with E-state index in [1.807, 2.05) is 0 Å². The maximum absolute atomic E-state index is 14.3. The van der Waals surface area contributed by atoms with Gasteiger partial charge in [-0.25, -0.2) is 9.29 Å². The van der Waals surface area contributed by atoms with E-state index >= 15 is 0 Å². The van der Waals surface area contributed by atoms with E-state index < -0.39 is 47.0 Å². The summed E-state index contributed by atoms with van der Waals surface area (Å²) >= 11 is 0. The van der Waals surface area contributed by atoms with Crippen LogP contribution in [0.5, 0.6) is 5.75 Å². The standard InChI is InChI=1S/C26H20FN3O4/c27-15-8-11-19-18(13-15)26(25(34)28-19)22-21(20(29-26)12-14-6-9-17(31)10-7-14)23(32)30(24(22)33)16-4-2-1-3-5-16/h1-11,13,20-22,29,31H,12H2,(H,28,34)/t20-,21-,22+,26+/m1/s1. The summed E-state index contributed by atoms with van der Waals surface area (Å²) < 4.78 is 14.3. The van der Waals surface area contributed by atoms with Gasteiger partial charge in [-0.15, -0.1) is 0 Å². The molecule has 3 aliphatic rings. The zero-order valence-corrected chi connectivity index (χ0v) is 17.9. The minimum Gasteiger partial charge on any atom is -0.508 e. The molecule has 0 bridgehead atoms. The number of phenols is 1. The van der Waals surface area contributed by atoms with E-state index in [1.165, 1.54) is 18.2 Å². The Hall–Kier alpha value is -4.04. The predicted molar refractivity (Wildman–Crippen MR) is 121 cm³/mol. The van der Waals surface area contributed by atoms with Crippen LogP contribution in [0, 0.1) is 17.7 Å². The molecule has 3 N–H and O–H groups in total. The summed E-state index contributed by atoms with van der Waals surface area (Å²) in [5.41, 5.74) is 0.434. The third kappa shape index (κ3) is 2.75. The Balaban J connectivity index is 1.50. The van der Waals surface area contributed by atoms with Gasteiger partial charge in [0.15, 0.2) is 0 Å². The van der Waals surface area contributed by atoms with Crippen LogP contribution < -0.4 is 15.5 Å². The van der Waals surface area contributed by atoms with E-state index in [0.29, 0.717) is 23.4 Å². The maximum Gasteiger partial charge on any atom is 0.250 e. The number of hydrogen-bond donors (Lipinski definition) is 3. The number of amides is 3. The Bertz CT molecular complexity index is 1340. The lowest BCUT2D eigenvalue weighted by atomic mass is 9.76. The molecule has 3 heterocycles. The molecule has 4 atom stereocenters. The van der Waals surface area contributed by atoms with Crippen molar-refractivity contribution in [3.63, 3.8) is 0 Å². The van der Waals surface area contributed by atoms with Crippen molar-refractivity contribution in [1.82, 2.24) is 5.32 Å². The molecule has 6 rings (SSSR count). The molecule has 0 aromatic heterocycles. The Kier molecular flexibility index (Phi) is 4.37. The van der Waals surface area contributed by atoms with Crippen molar-refractivity contribution in [3.05, 3.63) is 89.7 Å². The summed E-state index contributed by atoms with van der Waals surface area (Å²) in [6.45, 7) is 0. The van der Waals surface area contributed by atoms with Gasteiger partial charge in [-0.3, -0.25) is 19.7 Å². The molecule has 3 aromatic carbocycles. The van der Waals surface area contributed by atoms with E-state index in [9.17, 15) is 23.9 Å². The average molecular weight is 457 g/mol. The number of imide groups is 1. The van der Waals surface area contributed by atoms with Gasteiger partial charge < -0.3 is 10.4 Å². The molecule has 8 heteroatoms. The van der Waals surface area contributed by atoms with Gasteiger partial charge in [-0.1, -0.05) is 30.3 Å². The Morgan fingerprint density at radius 3 is 2.41 bits per heavy atom. The van der Waals surface area contributed by atoms with Gasteiger partial charge in [-0.2, -0.15) is 0 Å². The molecule has 7 nitrogen and oxygen atoms in total. The Morgan fingerprint density at radius 1 is 0.941 bits per heavy atom. The van der Waals surface area contributed by atoms with Crippen LogP contribution in [0.2, 0.25) is 0 Å². The van der Waals surface area contributed by atoms with Crippen molar-refractivity contribution in [2.24, 2.45) is 11.8 Å². The van der Waals surface area contributed by atoms with Gasteiger partial charge in [0.25, 0.3) is 0 Å². The molecule has 0 saturated carbocycles. The monoisotopic (exact) mass is 457 g/mol. The fourth-order valence-corrected chi connectivity index (χ4v) is 5.67. The highest BCUT2D eigenvalue weighted by Crippen LogP contribution is 2.54.